The molecule has 3 nitrogen and oxygen atoms in total. The summed E-state index contributed by atoms with van der Waals surface area (Å²) in [5, 5.41) is 19.9. The minimum absolute atomic E-state index is 0.0671. The number of rotatable bonds is 5. The quantitative estimate of drug-likeness (QED) is 0.818. The fraction of sp³-hybridized carbons (Fsp3) is 0.500. The van der Waals surface area contributed by atoms with Crippen LogP contribution < -0.4 is 0 Å². The molecule has 1 fully saturated rings. The number of ether oxygens (including phenoxy) is 1. The largest absolute Gasteiger partial charge is 0.394 e. The summed E-state index contributed by atoms with van der Waals surface area (Å²) < 4.78 is 19.5. The second-order valence-corrected chi connectivity index (χ2v) is 8.13. The van der Waals surface area contributed by atoms with Crippen molar-refractivity contribution in [3.63, 3.8) is 0 Å². The summed E-state index contributed by atoms with van der Waals surface area (Å²) in [4.78, 5) is 0. The van der Waals surface area contributed by atoms with Crippen LogP contribution in [0.2, 0.25) is 0 Å². The van der Waals surface area contributed by atoms with Crippen molar-refractivity contribution in [3.8, 4) is 0 Å². The van der Waals surface area contributed by atoms with Crippen LogP contribution >= 0.6 is 0 Å². The highest BCUT2D eigenvalue weighted by atomic mass is 19.1. The van der Waals surface area contributed by atoms with Crippen LogP contribution in [0.5, 0.6) is 0 Å². The zero-order valence-electron chi connectivity index (χ0n) is 16.5. The van der Waals surface area contributed by atoms with Crippen molar-refractivity contribution in [2.24, 2.45) is 0 Å². The van der Waals surface area contributed by atoms with Gasteiger partial charge in [-0.05, 0) is 77.6 Å². The smallest absolute Gasteiger partial charge is 0.123 e. The SMILES string of the molecule is CCc1c([C@H]2C[C@@H](O)C[C@@H](CO)O2)cc(Cc2ccc(F)cc2)c2c1CCC2. The molecule has 2 aliphatic rings. The van der Waals surface area contributed by atoms with Gasteiger partial charge in [0.05, 0.1) is 24.9 Å². The summed E-state index contributed by atoms with van der Waals surface area (Å²) in [6, 6.07) is 9.00. The molecule has 4 heteroatoms. The third-order valence-electron chi connectivity index (χ3n) is 6.24. The number of fused-ring (bicyclic) bond motifs is 1. The fourth-order valence-electron chi connectivity index (χ4n) is 4.96. The minimum atomic E-state index is -0.450. The molecule has 1 aliphatic carbocycles. The van der Waals surface area contributed by atoms with E-state index in [9.17, 15) is 14.6 Å². The summed E-state index contributed by atoms with van der Waals surface area (Å²) >= 11 is 0. The standard InChI is InChI=1S/C24H29FO3/c1-2-20-22-5-3-4-21(22)16(10-15-6-8-17(25)9-7-15)11-23(20)24-13-18(27)12-19(14-26)28-24/h6-9,11,18-19,24,26-27H,2-5,10,12-14H2,1H3/t18-,19-,24+/m0/s1. The van der Waals surface area contributed by atoms with Crippen molar-refractivity contribution in [2.75, 3.05) is 6.61 Å². The van der Waals surface area contributed by atoms with Gasteiger partial charge in [0.1, 0.15) is 5.82 Å². The van der Waals surface area contributed by atoms with Gasteiger partial charge in [0.25, 0.3) is 0 Å². The molecule has 1 aliphatic heterocycles. The Balaban J connectivity index is 1.74. The first-order chi connectivity index (χ1) is 13.6. The first-order valence-electron chi connectivity index (χ1n) is 10.4. The monoisotopic (exact) mass is 384 g/mol. The lowest BCUT2D eigenvalue weighted by atomic mass is 9.85. The van der Waals surface area contributed by atoms with E-state index in [0.29, 0.717) is 12.8 Å². The van der Waals surface area contributed by atoms with Crippen LogP contribution in [0.4, 0.5) is 4.39 Å². The van der Waals surface area contributed by atoms with Gasteiger partial charge in [-0.3, -0.25) is 0 Å². The molecular formula is C24H29FO3. The van der Waals surface area contributed by atoms with Gasteiger partial charge in [-0.1, -0.05) is 25.1 Å². The molecule has 1 heterocycles. The zero-order valence-corrected chi connectivity index (χ0v) is 16.5. The fourth-order valence-corrected chi connectivity index (χ4v) is 4.96. The van der Waals surface area contributed by atoms with E-state index in [1.165, 1.54) is 34.4 Å². The maximum atomic E-state index is 13.3. The van der Waals surface area contributed by atoms with E-state index in [0.717, 1.165) is 43.2 Å². The van der Waals surface area contributed by atoms with Crippen molar-refractivity contribution in [1.29, 1.82) is 0 Å². The van der Waals surface area contributed by atoms with Gasteiger partial charge in [0.2, 0.25) is 0 Å². The summed E-state index contributed by atoms with van der Waals surface area (Å²) in [5.41, 5.74) is 7.80. The van der Waals surface area contributed by atoms with E-state index >= 15 is 0 Å². The molecule has 0 spiro atoms. The zero-order chi connectivity index (χ0) is 19.7. The van der Waals surface area contributed by atoms with Gasteiger partial charge in [-0.15, -0.1) is 0 Å². The topological polar surface area (TPSA) is 49.7 Å². The summed E-state index contributed by atoms with van der Waals surface area (Å²) in [6.07, 6.45) is 5.16. The van der Waals surface area contributed by atoms with Crippen LogP contribution in [-0.2, 0) is 30.4 Å². The average Bonchev–Trinajstić information content (AvgIpc) is 3.19. The highest BCUT2D eigenvalue weighted by Gasteiger charge is 2.32. The Hall–Kier alpha value is -1.75. The van der Waals surface area contributed by atoms with Gasteiger partial charge in [-0.2, -0.15) is 0 Å². The Kier molecular flexibility index (Phi) is 5.81. The van der Waals surface area contributed by atoms with Crippen molar-refractivity contribution in [2.45, 2.75) is 70.2 Å². The van der Waals surface area contributed by atoms with Gasteiger partial charge in [0, 0.05) is 12.8 Å². The van der Waals surface area contributed by atoms with E-state index in [4.69, 9.17) is 4.74 Å². The van der Waals surface area contributed by atoms with Crippen LogP contribution in [-0.4, -0.2) is 29.0 Å². The molecule has 3 atom stereocenters. The lowest BCUT2D eigenvalue weighted by Crippen LogP contribution is -2.34. The van der Waals surface area contributed by atoms with Crippen LogP contribution in [0.1, 0.15) is 65.7 Å². The minimum Gasteiger partial charge on any atom is -0.394 e. The molecule has 2 N–H and O–H groups in total. The molecular weight excluding hydrogens is 355 g/mol. The second-order valence-electron chi connectivity index (χ2n) is 8.13. The Morgan fingerprint density at radius 1 is 1.11 bits per heavy atom. The van der Waals surface area contributed by atoms with Crippen LogP contribution in [0.25, 0.3) is 0 Å². The third kappa shape index (κ3) is 3.86. The molecule has 0 unspecified atom stereocenters. The first kappa shape index (κ1) is 19.6. The van der Waals surface area contributed by atoms with E-state index < -0.39 is 6.10 Å². The summed E-state index contributed by atoms with van der Waals surface area (Å²) in [6.45, 7) is 2.11. The third-order valence-corrected chi connectivity index (χ3v) is 6.24. The molecule has 0 aromatic heterocycles. The maximum Gasteiger partial charge on any atom is 0.123 e. The molecule has 1 saturated heterocycles. The Morgan fingerprint density at radius 3 is 2.57 bits per heavy atom. The van der Waals surface area contributed by atoms with E-state index in [-0.39, 0.29) is 24.6 Å². The molecule has 0 radical (unpaired) electrons. The Labute approximate surface area is 166 Å². The van der Waals surface area contributed by atoms with E-state index in [1.54, 1.807) is 0 Å². The first-order valence-corrected chi connectivity index (χ1v) is 10.4. The lowest BCUT2D eigenvalue weighted by Gasteiger charge is -2.34. The highest BCUT2D eigenvalue weighted by Crippen LogP contribution is 2.40. The molecule has 28 heavy (non-hydrogen) atoms. The Bertz CT molecular complexity index is 831. The number of aliphatic hydroxyl groups excluding tert-OH is 2. The van der Waals surface area contributed by atoms with Gasteiger partial charge in [-0.25, -0.2) is 4.39 Å². The van der Waals surface area contributed by atoms with Gasteiger partial charge >= 0.3 is 0 Å². The van der Waals surface area contributed by atoms with Crippen molar-refractivity contribution < 1.29 is 19.3 Å². The summed E-state index contributed by atoms with van der Waals surface area (Å²) in [5.74, 6) is -0.212. The van der Waals surface area contributed by atoms with Gasteiger partial charge in [0.15, 0.2) is 0 Å². The molecule has 2 aromatic carbocycles. The predicted molar refractivity (Wildman–Crippen MR) is 107 cm³/mol. The van der Waals surface area contributed by atoms with E-state index in [2.05, 4.69) is 13.0 Å². The molecule has 150 valence electrons. The number of hydrogen-bond donors (Lipinski definition) is 2. The second kappa shape index (κ2) is 8.32. The predicted octanol–water partition coefficient (Wildman–Crippen LogP) is 4.04. The molecule has 2 aromatic rings. The van der Waals surface area contributed by atoms with Crippen molar-refractivity contribution in [3.05, 3.63) is 69.5 Å². The van der Waals surface area contributed by atoms with Crippen LogP contribution in [0.15, 0.2) is 30.3 Å². The van der Waals surface area contributed by atoms with Crippen LogP contribution in [0.3, 0.4) is 0 Å². The normalized spacial score (nSPS) is 24.4. The number of benzene rings is 2. The number of hydrogen-bond acceptors (Lipinski definition) is 3. The summed E-state index contributed by atoms with van der Waals surface area (Å²) in [7, 11) is 0. The van der Waals surface area contributed by atoms with Crippen molar-refractivity contribution >= 4 is 0 Å². The Morgan fingerprint density at radius 2 is 1.86 bits per heavy atom. The van der Waals surface area contributed by atoms with Crippen molar-refractivity contribution in [1.82, 2.24) is 0 Å². The maximum absolute atomic E-state index is 13.3. The molecule has 0 saturated carbocycles. The van der Waals surface area contributed by atoms with Gasteiger partial charge < -0.3 is 14.9 Å². The van der Waals surface area contributed by atoms with Crippen LogP contribution in [0, 0.1) is 5.82 Å². The number of aliphatic hydroxyl groups is 2. The molecule has 0 bridgehead atoms. The average molecular weight is 384 g/mol. The number of halogens is 1. The molecule has 0 amide bonds. The van der Waals surface area contributed by atoms with E-state index in [1.807, 2.05) is 12.1 Å². The highest BCUT2D eigenvalue weighted by molar-refractivity contribution is 5.51. The lowest BCUT2D eigenvalue weighted by molar-refractivity contribution is -0.114. The molecule has 4 rings (SSSR count).